The minimum absolute atomic E-state index is 0.123. The normalized spacial score (nSPS) is 15.2. The average molecular weight is 254 g/mol. The van der Waals surface area contributed by atoms with Crippen LogP contribution in [0.1, 0.15) is 5.56 Å². The van der Waals surface area contributed by atoms with Gasteiger partial charge in [-0.1, -0.05) is 12.1 Å². The van der Waals surface area contributed by atoms with E-state index in [1.54, 1.807) is 12.1 Å². The number of hydrogen-bond donors (Lipinski definition) is 3. The number of nitrogens with one attached hydrogen (secondary N) is 2. The summed E-state index contributed by atoms with van der Waals surface area (Å²) < 4.78 is 22.1. The zero-order chi connectivity index (χ0) is 12.3. The molecule has 2 rings (SSSR count). The van der Waals surface area contributed by atoms with E-state index in [9.17, 15) is 8.42 Å². The number of rotatable bonds is 3. The van der Waals surface area contributed by atoms with Gasteiger partial charge >= 0.3 is 0 Å². The lowest BCUT2D eigenvalue weighted by Gasteiger charge is -2.06. The third-order valence-corrected chi connectivity index (χ3v) is 3.32. The summed E-state index contributed by atoms with van der Waals surface area (Å²) in [4.78, 5) is 4.31. The van der Waals surface area contributed by atoms with Gasteiger partial charge in [0.1, 0.15) is 0 Å². The Hall–Kier alpha value is -1.60. The van der Waals surface area contributed by atoms with Crippen LogP contribution >= 0.6 is 0 Å². The van der Waals surface area contributed by atoms with Crippen molar-refractivity contribution in [3.8, 4) is 0 Å². The molecule has 0 amide bonds. The first kappa shape index (κ1) is 11.9. The summed E-state index contributed by atoms with van der Waals surface area (Å²) in [5.74, 6) is 0.778. The van der Waals surface area contributed by atoms with Crippen molar-refractivity contribution in [3.05, 3.63) is 29.8 Å². The maximum Gasteiger partial charge on any atom is 0.238 e. The summed E-state index contributed by atoms with van der Waals surface area (Å²) >= 11 is 0. The fourth-order valence-electron chi connectivity index (χ4n) is 1.50. The van der Waals surface area contributed by atoms with Gasteiger partial charge in [-0.2, -0.15) is 0 Å². The van der Waals surface area contributed by atoms with E-state index >= 15 is 0 Å². The molecule has 0 saturated heterocycles. The van der Waals surface area contributed by atoms with Crippen LogP contribution in [-0.4, -0.2) is 27.5 Å². The Morgan fingerprint density at radius 1 is 1.35 bits per heavy atom. The van der Waals surface area contributed by atoms with E-state index in [-0.39, 0.29) is 4.90 Å². The van der Waals surface area contributed by atoms with Crippen molar-refractivity contribution in [1.29, 1.82) is 0 Å². The van der Waals surface area contributed by atoms with Crippen LogP contribution in [0.25, 0.3) is 0 Å². The summed E-state index contributed by atoms with van der Waals surface area (Å²) in [5, 5.41) is 11.2. The van der Waals surface area contributed by atoms with Crippen molar-refractivity contribution in [3.63, 3.8) is 0 Å². The molecule has 1 aromatic rings. The number of sulfonamides is 1. The Labute approximate surface area is 100.0 Å². The Bertz CT molecular complexity index is 522. The van der Waals surface area contributed by atoms with Gasteiger partial charge in [-0.3, -0.25) is 4.99 Å². The van der Waals surface area contributed by atoms with Crippen LogP contribution in [0, 0.1) is 0 Å². The van der Waals surface area contributed by atoms with Crippen molar-refractivity contribution in [2.45, 2.75) is 11.4 Å². The SMILES string of the molecule is NS(=O)(=O)c1ccc(CNC2=NCCN2)cc1. The van der Waals surface area contributed by atoms with Crippen LogP contribution in [0.4, 0.5) is 0 Å². The monoisotopic (exact) mass is 254 g/mol. The van der Waals surface area contributed by atoms with Crippen LogP contribution in [0.5, 0.6) is 0 Å². The minimum Gasteiger partial charge on any atom is -0.355 e. The van der Waals surface area contributed by atoms with E-state index in [4.69, 9.17) is 5.14 Å². The molecule has 6 nitrogen and oxygen atoms in total. The Kier molecular flexibility index (Phi) is 3.30. The van der Waals surface area contributed by atoms with E-state index in [0.717, 1.165) is 24.6 Å². The van der Waals surface area contributed by atoms with E-state index in [1.807, 2.05) is 0 Å². The molecule has 0 bridgehead atoms. The molecule has 0 radical (unpaired) electrons. The fraction of sp³-hybridized carbons (Fsp3) is 0.300. The molecule has 0 fully saturated rings. The number of guanidine groups is 1. The fourth-order valence-corrected chi connectivity index (χ4v) is 2.01. The van der Waals surface area contributed by atoms with Gasteiger partial charge in [-0.25, -0.2) is 13.6 Å². The molecular weight excluding hydrogens is 240 g/mol. The van der Waals surface area contributed by atoms with Crippen molar-refractivity contribution in [1.82, 2.24) is 10.6 Å². The maximum absolute atomic E-state index is 11.0. The topological polar surface area (TPSA) is 96.6 Å². The van der Waals surface area contributed by atoms with Crippen molar-refractivity contribution < 1.29 is 8.42 Å². The molecule has 1 aliphatic rings. The molecule has 0 aliphatic carbocycles. The van der Waals surface area contributed by atoms with Gasteiger partial charge in [0.15, 0.2) is 5.96 Å². The molecule has 1 aromatic carbocycles. The van der Waals surface area contributed by atoms with Crippen molar-refractivity contribution in [2.24, 2.45) is 10.1 Å². The third kappa shape index (κ3) is 3.18. The van der Waals surface area contributed by atoms with Gasteiger partial charge in [-0.15, -0.1) is 0 Å². The Morgan fingerprint density at radius 3 is 2.59 bits per heavy atom. The third-order valence-electron chi connectivity index (χ3n) is 2.39. The van der Waals surface area contributed by atoms with Crippen molar-refractivity contribution in [2.75, 3.05) is 13.1 Å². The summed E-state index contributed by atoms with van der Waals surface area (Å²) in [5.41, 5.74) is 0.966. The van der Waals surface area contributed by atoms with E-state index in [0.29, 0.717) is 6.54 Å². The lowest BCUT2D eigenvalue weighted by molar-refractivity contribution is 0.597. The van der Waals surface area contributed by atoms with Gasteiger partial charge in [0.2, 0.25) is 10.0 Å². The lowest BCUT2D eigenvalue weighted by atomic mass is 10.2. The van der Waals surface area contributed by atoms with Crippen LogP contribution < -0.4 is 15.8 Å². The number of nitrogens with two attached hydrogens (primary N) is 1. The molecule has 7 heteroatoms. The second-order valence-corrected chi connectivity index (χ2v) is 5.26. The molecule has 1 aliphatic heterocycles. The first-order valence-electron chi connectivity index (χ1n) is 5.20. The standard InChI is InChI=1S/C10H14N4O2S/c11-17(15,16)9-3-1-8(2-4-9)7-14-10-12-5-6-13-10/h1-4H,5-7H2,(H2,11,15,16)(H2,12,13,14). The predicted molar refractivity (Wildman–Crippen MR) is 65.0 cm³/mol. The zero-order valence-electron chi connectivity index (χ0n) is 9.18. The van der Waals surface area contributed by atoms with Gasteiger partial charge < -0.3 is 10.6 Å². The van der Waals surface area contributed by atoms with Gasteiger partial charge in [0.05, 0.1) is 11.4 Å². The lowest BCUT2D eigenvalue weighted by Crippen LogP contribution is -2.33. The number of hydrogen-bond acceptors (Lipinski definition) is 5. The number of aliphatic imine (C=N–C) groups is 1. The van der Waals surface area contributed by atoms with Crippen LogP contribution in [0.15, 0.2) is 34.2 Å². The molecule has 0 atom stereocenters. The summed E-state index contributed by atoms with van der Waals surface area (Å²) in [7, 11) is -3.61. The van der Waals surface area contributed by atoms with E-state index in [1.165, 1.54) is 12.1 Å². The first-order chi connectivity index (χ1) is 8.05. The molecule has 0 aromatic heterocycles. The largest absolute Gasteiger partial charge is 0.355 e. The van der Waals surface area contributed by atoms with Gasteiger partial charge in [0, 0.05) is 13.1 Å². The first-order valence-corrected chi connectivity index (χ1v) is 6.74. The highest BCUT2D eigenvalue weighted by atomic mass is 32.2. The summed E-state index contributed by atoms with van der Waals surface area (Å²) in [6.07, 6.45) is 0. The van der Waals surface area contributed by atoms with Gasteiger partial charge in [0.25, 0.3) is 0 Å². The molecule has 1 heterocycles. The Morgan fingerprint density at radius 2 is 2.06 bits per heavy atom. The highest BCUT2D eigenvalue weighted by molar-refractivity contribution is 7.89. The van der Waals surface area contributed by atoms with Crippen LogP contribution in [0.2, 0.25) is 0 Å². The molecule has 0 unspecified atom stereocenters. The van der Waals surface area contributed by atoms with Crippen LogP contribution in [-0.2, 0) is 16.6 Å². The number of nitrogens with zero attached hydrogens (tertiary/aromatic N) is 1. The highest BCUT2D eigenvalue weighted by Gasteiger charge is 2.07. The van der Waals surface area contributed by atoms with Crippen molar-refractivity contribution >= 4 is 16.0 Å². The maximum atomic E-state index is 11.0. The molecule has 17 heavy (non-hydrogen) atoms. The van der Waals surface area contributed by atoms with E-state index in [2.05, 4.69) is 15.6 Å². The molecule has 4 N–H and O–H groups in total. The highest BCUT2D eigenvalue weighted by Crippen LogP contribution is 2.08. The summed E-state index contributed by atoms with van der Waals surface area (Å²) in [6.45, 7) is 2.23. The predicted octanol–water partition coefficient (Wildman–Crippen LogP) is -0.617. The quantitative estimate of drug-likeness (QED) is 0.670. The average Bonchev–Trinajstić information content (AvgIpc) is 2.78. The zero-order valence-corrected chi connectivity index (χ0v) is 10.00. The minimum atomic E-state index is -3.61. The smallest absolute Gasteiger partial charge is 0.238 e. The number of primary sulfonamides is 1. The second kappa shape index (κ2) is 4.72. The van der Waals surface area contributed by atoms with E-state index < -0.39 is 10.0 Å². The number of benzene rings is 1. The second-order valence-electron chi connectivity index (χ2n) is 3.70. The molecule has 0 saturated carbocycles. The molecular formula is C10H14N4O2S. The Balaban J connectivity index is 1.98. The van der Waals surface area contributed by atoms with Gasteiger partial charge in [-0.05, 0) is 17.7 Å². The van der Waals surface area contributed by atoms with Crippen LogP contribution in [0.3, 0.4) is 0 Å². The summed E-state index contributed by atoms with van der Waals surface area (Å²) in [6, 6.07) is 6.44. The molecule has 92 valence electrons. The molecule has 0 spiro atoms.